The van der Waals surface area contributed by atoms with Crippen LogP contribution in [0.25, 0.3) is 116 Å². The van der Waals surface area contributed by atoms with Gasteiger partial charge < -0.3 is 8.83 Å². The van der Waals surface area contributed by atoms with Crippen LogP contribution in [0.2, 0.25) is 0 Å². The minimum absolute atomic E-state index is 0.615. The third-order valence-electron chi connectivity index (χ3n) is 11.2. The molecular weight excluding hydrogens is 683 g/mol. The first-order valence-corrected chi connectivity index (χ1v) is 18.9. The summed E-state index contributed by atoms with van der Waals surface area (Å²) in [4.78, 5) is 13.4. The summed E-state index contributed by atoms with van der Waals surface area (Å²) in [5, 5.41) is 11.1. The molecule has 12 aromatic rings. The molecule has 4 aromatic heterocycles. The highest BCUT2D eigenvalue weighted by atomic mass is 32.2. The van der Waals surface area contributed by atoms with E-state index in [0.29, 0.717) is 5.95 Å². The molecule has 1 aliphatic rings. The van der Waals surface area contributed by atoms with E-state index in [-0.39, 0.29) is 0 Å². The van der Waals surface area contributed by atoms with E-state index in [4.69, 9.17) is 18.8 Å². The maximum Gasteiger partial charge on any atom is 0.235 e. The fourth-order valence-electron chi connectivity index (χ4n) is 8.98. The van der Waals surface area contributed by atoms with Gasteiger partial charge >= 0.3 is 0 Å². The molecule has 250 valence electrons. The van der Waals surface area contributed by atoms with E-state index in [0.717, 1.165) is 104 Å². The monoisotopic (exact) mass is 707 g/mol. The lowest BCUT2D eigenvalue weighted by atomic mass is 9.95. The standard InChI is InChI=1S/C48H25N3O2S/c1-2-12-27(13-3-1)43-47-44(31-19-10-14-26-15-11-23-37(54-47)38(26)31)50-48(49-43)51-33-20-7-4-16-28(33)42-45(51)32-24-25-36-39(29-17-5-8-21-34(29)52-36)40(32)41-30-18-6-9-22-35(30)53-46(41)42/h1-25H. The summed E-state index contributed by atoms with van der Waals surface area (Å²) in [6, 6.07) is 53.2. The predicted molar refractivity (Wildman–Crippen MR) is 221 cm³/mol. The molecule has 5 heterocycles. The van der Waals surface area contributed by atoms with Crippen LogP contribution in [0.15, 0.2) is 170 Å². The number of nitrogens with zero attached hydrogens (tertiary/aromatic N) is 3. The zero-order valence-corrected chi connectivity index (χ0v) is 29.3. The number of fused-ring (bicyclic) bond motifs is 16. The van der Waals surface area contributed by atoms with Gasteiger partial charge in [0, 0.05) is 59.1 Å². The molecule has 5 nitrogen and oxygen atoms in total. The van der Waals surface area contributed by atoms with Gasteiger partial charge in [-0.25, -0.2) is 9.97 Å². The van der Waals surface area contributed by atoms with Crippen molar-refractivity contribution in [3.63, 3.8) is 0 Å². The van der Waals surface area contributed by atoms with Crippen molar-refractivity contribution in [3.8, 4) is 28.5 Å². The van der Waals surface area contributed by atoms with Gasteiger partial charge in [0.15, 0.2) is 0 Å². The van der Waals surface area contributed by atoms with Gasteiger partial charge in [-0.1, -0.05) is 127 Å². The van der Waals surface area contributed by atoms with E-state index >= 15 is 0 Å². The maximum absolute atomic E-state index is 6.94. The van der Waals surface area contributed by atoms with E-state index in [2.05, 4.69) is 138 Å². The molecule has 0 unspecified atom stereocenters. The molecule has 0 saturated heterocycles. The van der Waals surface area contributed by atoms with Crippen LogP contribution in [0.4, 0.5) is 0 Å². The Hall–Kier alpha value is -6.89. The molecule has 0 N–H and O–H groups in total. The Morgan fingerprint density at radius 2 is 1.17 bits per heavy atom. The molecule has 0 atom stereocenters. The zero-order valence-electron chi connectivity index (χ0n) is 28.5. The van der Waals surface area contributed by atoms with Crippen LogP contribution >= 0.6 is 11.8 Å². The van der Waals surface area contributed by atoms with Gasteiger partial charge in [0.2, 0.25) is 5.95 Å². The summed E-state index contributed by atoms with van der Waals surface area (Å²) in [6.45, 7) is 0. The van der Waals surface area contributed by atoms with E-state index in [1.807, 2.05) is 18.2 Å². The van der Waals surface area contributed by atoms with Crippen molar-refractivity contribution in [1.82, 2.24) is 14.5 Å². The summed E-state index contributed by atoms with van der Waals surface area (Å²) < 4.78 is 15.7. The molecule has 0 radical (unpaired) electrons. The van der Waals surface area contributed by atoms with Crippen LogP contribution in [-0.4, -0.2) is 14.5 Å². The molecule has 6 heteroatoms. The van der Waals surface area contributed by atoms with Crippen molar-refractivity contribution >= 4 is 99.0 Å². The Morgan fingerprint density at radius 1 is 0.463 bits per heavy atom. The molecule has 8 aromatic carbocycles. The summed E-state index contributed by atoms with van der Waals surface area (Å²) in [5.41, 5.74) is 9.45. The van der Waals surface area contributed by atoms with Crippen LogP contribution in [-0.2, 0) is 0 Å². The minimum atomic E-state index is 0.615. The molecule has 0 saturated carbocycles. The normalized spacial score (nSPS) is 12.7. The number of para-hydroxylation sites is 3. The molecule has 54 heavy (non-hydrogen) atoms. The molecule has 0 bridgehead atoms. The van der Waals surface area contributed by atoms with Gasteiger partial charge in [-0.3, -0.25) is 4.57 Å². The van der Waals surface area contributed by atoms with Crippen LogP contribution < -0.4 is 0 Å². The van der Waals surface area contributed by atoms with Crippen LogP contribution in [0.3, 0.4) is 0 Å². The van der Waals surface area contributed by atoms with E-state index in [1.165, 1.54) is 15.7 Å². The van der Waals surface area contributed by atoms with Crippen molar-refractivity contribution in [3.05, 3.63) is 152 Å². The Kier molecular flexibility index (Phi) is 5.51. The highest BCUT2D eigenvalue weighted by Crippen LogP contribution is 2.52. The summed E-state index contributed by atoms with van der Waals surface area (Å²) in [7, 11) is 0. The second-order valence-electron chi connectivity index (χ2n) is 14.0. The highest BCUT2D eigenvalue weighted by molar-refractivity contribution is 8.00. The van der Waals surface area contributed by atoms with Crippen molar-refractivity contribution in [1.29, 1.82) is 0 Å². The summed E-state index contributed by atoms with van der Waals surface area (Å²) in [6.07, 6.45) is 0. The lowest BCUT2D eigenvalue weighted by Crippen LogP contribution is -2.08. The molecule has 0 fully saturated rings. The fraction of sp³-hybridized carbons (Fsp3) is 0. The van der Waals surface area contributed by atoms with Gasteiger partial charge in [-0.2, -0.15) is 0 Å². The average molecular weight is 708 g/mol. The highest BCUT2D eigenvalue weighted by Gasteiger charge is 2.29. The number of hydrogen-bond donors (Lipinski definition) is 0. The molecule has 0 aliphatic carbocycles. The second-order valence-corrected chi connectivity index (χ2v) is 15.1. The Labute approximate surface area is 311 Å². The maximum atomic E-state index is 6.94. The lowest BCUT2D eigenvalue weighted by molar-refractivity contribution is 0.669. The molecule has 0 spiro atoms. The Bertz CT molecular complexity index is 3590. The third-order valence-corrected chi connectivity index (χ3v) is 12.3. The molecule has 0 amide bonds. The molecule has 1 aliphatic heterocycles. The number of hydrogen-bond acceptors (Lipinski definition) is 5. The summed E-state index contributed by atoms with van der Waals surface area (Å²) in [5.74, 6) is 0.615. The quantitative estimate of drug-likeness (QED) is 0.179. The first-order chi connectivity index (χ1) is 26.8. The van der Waals surface area contributed by atoms with Crippen LogP contribution in [0.1, 0.15) is 0 Å². The smallest absolute Gasteiger partial charge is 0.235 e. The van der Waals surface area contributed by atoms with Gasteiger partial charge in [0.25, 0.3) is 0 Å². The van der Waals surface area contributed by atoms with Gasteiger partial charge in [0.1, 0.15) is 22.3 Å². The lowest BCUT2D eigenvalue weighted by Gasteiger charge is -2.23. The van der Waals surface area contributed by atoms with Crippen molar-refractivity contribution in [2.24, 2.45) is 0 Å². The first-order valence-electron chi connectivity index (χ1n) is 18.1. The number of aromatic nitrogens is 3. The van der Waals surface area contributed by atoms with Gasteiger partial charge in [0.05, 0.1) is 32.7 Å². The molecule has 13 rings (SSSR count). The largest absolute Gasteiger partial charge is 0.456 e. The first kappa shape index (κ1) is 28.7. The molecular formula is C48H25N3O2S. The van der Waals surface area contributed by atoms with Gasteiger partial charge in [-0.15, -0.1) is 0 Å². The average Bonchev–Trinajstić information content (AvgIpc) is 3.91. The second kappa shape index (κ2) is 10.4. The Morgan fingerprint density at radius 3 is 2.02 bits per heavy atom. The van der Waals surface area contributed by atoms with E-state index in [1.54, 1.807) is 11.8 Å². The minimum Gasteiger partial charge on any atom is -0.456 e. The van der Waals surface area contributed by atoms with Crippen molar-refractivity contribution in [2.45, 2.75) is 9.79 Å². The van der Waals surface area contributed by atoms with Gasteiger partial charge in [-0.05, 0) is 41.8 Å². The SMILES string of the molecule is c1ccc(-c2nc(-n3c4ccccc4c4c5oc6ccccc6c5c5c(ccc6oc7ccccc7c65)c43)nc3c2Sc2cccc4cccc-3c24)cc1. The third kappa shape index (κ3) is 3.65. The van der Waals surface area contributed by atoms with E-state index < -0.39 is 0 Å². The zero-order chi connectivity index (χ0) is 35.1. The number of rotatable bonds is 2. The topological polar surface area (TPSA) is 57.0 Å². The predicted octanol–water partition coefficient (Wildman–Crippen LogP) is 13.5. The Balaban J connectivity index is 1.27. The van der Waals surface area contributed by atoms with E-state index in [9.17, 15) is 0 Å². The number of furan rings is 2. The fourth-order valence-corrected chi connectivity index (χ4v) is 10.2. The number of benzene rings is 8. The van der Waals surface area contributed by atoms with Crippen LogP contribution in [0, 0.1) is 0 Å². The van der Waals surface area contributed by atoms with Crippen molar-refractivity contribution in [2.75, 3.05) is 0 Å². The van der Waals surface area contributed by atoms with Crippen LogP contribution in [0.5, 0.6) is 0 Å². The summed E-state index contributed by atoms with van der Waals surface area (Å²) >= 11 is 1.76. The van der Waals surface area contributed by atoms with Crippen molar-refractivity contribution < 1.29 is 8.83 Å².